The van der Waals surface area contributed by atoms with Gasteiger partial charge in [0.2, 0.25) is 5.91 Å². The van der Waals surface area contributed by atoms with Crippen LogP contribution in [0.4, 0.5) is 0 Å². The molecule has 3 rings (SSSR count). The number of methoxy groups -OCH3 is 1. The Morgan fingerprint density at radius 2 is 2.32 bits per heavy atom. The lowest BCUT2D eigenvalue weighted by atomic mass is 9.77. The summed E-state index contributed by atoms with van der Waals surface area (Å²) in [6.07, 6.45) is 5.09. The Morgan fingerprint density at radius 1 is 1.50 bits per heavy atom. The normalized spacial score (nSPS) is 35.3. The molecule has 3 aliphatic heterocycles. The van der Waals surface area contributed by atoms with Crippen molar-refractivity contribution in [1.82, 2.24) is 4.90 Å². The molecule has 0 saturated carbocycles. The van der Waals surface area contributed by atoms with E-state index < -0.39 is 17.4 Å². The molecule has 6 heteroatoms. The summed E-state index contributed by atoms with van der Waals surface area (Å²) >= 11 is 0. The zero-order valence-corrected chi connectivity index (χ0v) is 13.1. The molecule has 0 aromatic rings. The second-order valence-corrected chi connectivity index (χ2v) is 6.17. The van der Waals surface area contributed by atoms with Gasteiger partial charge in [-0.05, 0) is 12.8 Å². The number of rotatable bonds is 7. The van der Waals surface area contributed by atoms with Crippen LogP contribution in [0.15, 0.2) is 12.2 Å². The first-order valence-electron chi connectivity index (χ1n) is 7.94. The highest BCUT2D eigenvalue weighted by Gasteiger charge is 2.67. The average Bonchev–Trinajstić information content (AvgIpc) is 3.14. The van der Waals surface area contributed by atoms with Gasteiger partial charge < -0.3 is 19.1 Å². The fourth-order valence-corrected chi connectivity index (χ4v) is 3.74. The van der Waals surface area contributed by atoms with E-state index in [4.69, 9.17) is 14.2 Å². The molecule has 2 saturated heterocycles. The first-order valence-corrected chi connectivity index (χ1v) is 7.94. The van der Waals surface area contributed by atoms with Gasteiger partial charge in [-0.25, -0.2) is 0 Å². The van der Waals surface area contributed by atoms with E-state index in [9.17, 15) is 9.59 Å². The SMILES string of the molecule is CCCOC(=O)[C@H]1[C@H]2C=CC3(CN(CCCOC)C(=O)[C@@H]13)O2. The van der Waals surface area contributed by atoms with E-state index in [1.807, 2.05) is 19.1 Å². The van der Waals surface area contributed by atoms with Gasteiger partial charge in [-0.3, -0.25) is 9.59 Å². The number of esters is 1. The van der Waals surface area contributed by atoms with Crippen molar-refractivity contribution in [3.63, 3.8) is 0 Å². The van der Waals surface area contributed by atoms with Crippen LogP contribution in [0.2, 0.25) is 0 Å². The van der Waals surface area contributed by atoms with Gasteiger partial charge in [-0.2, -0.15) is 0 Å². The van der Waals surface area contributed by atoms with Crippen LogP contribution in [-0.2, 0) is 23.8 Å². The largest absolute Gasteiger partial charge is 0.465 e. The highest BCUT2D eigenvalue weighted by Crippen LogP contribution is 2.52. The highest BCUT2D eigenvalue weighted by atomic mass is 16.6. The maximum absolute atomic E-state index is 12.7. The number of amides is 1. The van der Waals surface area contributed by atoms with Gasteiger partial charge in [0.15, 0.2) is 0 Å². The Kier molecular flexibility index (Phi) is 4.23. The van der Waals surface area contributed by atoms with Crippen molar-refractivity contribution in [2.45, 2.75) is 31.5 Å². The van der Waals surface area contributed by atoms with Crippen LogP contribution in [0, 0.1) is 11.8 Å². The fourth-order valence-electron chi connectivity index (χ4n) is 3.74. The molecule has 1 spiro atoms. The summed E-state index contributed by atoms with van der Waals surface area (Å²) in [7, 11) is 1.65. The molecular formula is C16H23NO5. The lowest BCUT2D eigenvalue weighted by molar-refractivity contribution is -0.153. The van der Waals surface area contributed by atoms with Crippen molar-refractivity contribution >= 4 is 11.9 Å². The summed E-state index contributed by atoms with van der Waals surface area (Å²) in [6, 6.07) is 0. The molecule has 3 heterocycles. The third-order valence-electron chi connectivity index (χ3n) is 4.68. The van der Waals surface area contributed by atoms with Gasteiger partial charge in [0, 0.05) is 20.3 Å². The summed E-state index contributed by atoms with van der Waals surface area (Å²) in [5, 5.41) is 0. The van der Waals surface area contributed by atoms with Crippen LogP contribution in [-0.4, -0.2) is 61.9 Å². The first-order chi connectivity index (χ1) is 10.6. The molecule has 0 aromatic carbocycles. The Bertz CT molecular complexity index is 491. The zero-order chi connectivity index (χ0) is 15.7. The minimum Gasteiger partial charge on any atom is -0.465 e. The van der Waals surface area contributed by atoms with Crippen molar-refractivity contribution in [2.24, 2.45) is 11.8 Å². The molecule has 6 nitrogen and oxygen atoms in total. The van der Waals surface area contributed by atoms with E-state index in [2.05, 4.69) is 0 Å². The molecular weight excluding hydrogens is 286 g/mol. The lowest BCUT2D eigenvalue weighted by Crippen LogP contribution is -2.40. The summed E-state index contributed by atoms with van der Waals surface area (Å²) in [6.45, 7) is 4.10. The zero-order valence-electron chi connectivity index (χ0n) is 13.1. The van der Waals surface area contributed by atoms with Crippen molar-refractivity contribution in [3.05, 3.63) is 12.2 Å². The number of nitrogens with zero attached hydrogens (tertiary/aromatic N) is 1. The number of fused-ring (bicyclic) bond motifs is 1. The highest BCUT2D eigenvalue weighted by molar-refractivity contribution is 5.91. The topological polar surface area (TPSA) is 65.1 Å². The molecule has 1 amide bonds. The van der Waals surface area contributed by atoms with Gasteiger partial charge in [0.25, 0.3) is 0 Å². The number of carbonyl (C=O) groups is 2. The van der Waals surface area contributed by atoms with Crippen LogP contribution in [0.5, 0.6) is 0 Å². The third-order valence-corrected chi connectivity index (χ3v) is 4.68. The Hall–Kier alpha value is -1.40. The summed E-state index contributed by atoms with van der Waals surface area (Å²) in [4.78, 5) is 26.8. The maximum Gasteiger partial charge on any atom is 0.312 e. The van der Waals surface area contributed by atoms with Crippen LogP contribution in [0.3, 0.4) is 0 Å². The molecule has 0 radical (unpaired) electrons. The predicted molar refractivity (Wildman–Crippen MR) is 78.0 cm³/mol. The van der Waals surface area contributed by atoms with Crippen LogP contribution < -0.4 is 0 Å². The summed E-state index contributed by atoms with van der Waals surface area (Å²) in [5.74, 6) is -1.25. The number of hydrogen-bond acceptors (Lipinski definition) is 5. The summed E-state index contributed by atoms with van der Waals surface area (Å²) in [5.41, 5.74) is -0.634. The first kappa shape index (κ1) is 15.5. The van der Waals surface area contributed by atoms with E-state index in [1.165, 1.54) is 0 Å². The Morgan fingerprint density at radius 3 is 3.05 bits per heavy atom. The van der Waals surface area contributed by atoms with E-state index in [-0.39, 0.29) is 18.0 Å². The van der Waals surface area contributed by atoms with E-state index in [0.717, 1.165) is 12.8 Å². The number of carbonyl (C=O) groups excluding carboxylic acids is 2. The second-order valence-electron chi connectivity index (χ2n) is 6.17. The van der Waals surface area contributed by atoms with Crippen molar-refractivity contribution in [2.75, 3.05) is 33.4 Å². The maximum atomic E-state index is 12.7. The molecule has 122 valence electrons. The molecule has 0 aliphatic carbocycles. The third kappa shape index (κ3) is 2.34. The van der Waals surface area contributed by atoms with Crippen LogP contribution >= 0.6 is 0 Å². The monoisotopic (exact) mass is 309 g/mol. The van der Waals surface area contributed by atoms with Gasteiger partial charge in [0.1, 0.15) is 11.5 Å². The molecule has 4 atom stereocenters. The lowest BCUT2D eigenvalue weighted by Gasteiger charge is -2.22. The predicted octanol–water partition coefficient (Wildman–Crippen LogP) is 0.758. The van der Waals surface area contributed by atoms with E-state index >= 15 is 0 Å². The van der Waals surface area contributed by atoms with Gasteiger partial charge in [0.05, 0.1) is 25.2 Å². The molecule has 2 bridgehead atoms. The van der Waals surface area contributed by atoms with Crippen molar-refractivity contribution in [3.8, 4) is 0 Å². The van der Waals surface area contributed by atoms with Crippen LogP contribution in [0.25, 0.3) is 0 Å². The Labute approximate surface area is 130 Å². The molecule has 0 N–H and O–H groups in total. The minimum absolute atomic E-state index is 0.00130. The molecule has 1 unspecified atom stereocenters. The van der Waals surface area contributed by atoms with Gasteiger partial charge in [-0.1, -0.05) is 19.1 Å². The van der Waals surface area contributed by atoms with Gasteiger partial charge in [-0.15, -0.1) is 0 Å². The second kappa shape index (κ2) is 6.01. The summed E-state index contributed by atoms with van der Waals surface area (Å²) < 4.78 is 16.3. The number of likely N-dealkylation sites (tertiary alicyclic amines) is 1. The van der Waals surface area contributed by atoms with Crippen molar-refractivity contribution < 1.29 is 23.8 Å². The van der Waals surface area contributed by atoms with E-state index in [1.54, 1.807) is 12.0 Å². The molecule has 22 heavy (non-hydrogen) atoms. The van der Waals surface area contributed by atoms with Gasteiger partial charge >= 0.3 is 5.97 Å². The smallest absolute Gasteiger partial charge is 0.312 e. The Balaban J connectivity index is 1.73. The molecule has 2 fully saturated rings. The van der Waals surface area contributed by atoms with Crippen molar-refractivity contribution in [1.29, 1.82) is 0 Å². The molecule has 0 aromatic heterocycles. The number of hydrogen-bond donors (Lipinski definition) is 0. The van der Waals surface area contributed by atoms with E-state index in [0.29, 0.717) is 26.3 Å². The quantitative estimate of drug-likeness (QED) is 0.395. The molecule has 3 aliphatic rings. The standard InChI is InChI=1S/C16H23NO5/c1-3-8-21-15(19)12-11-5-6-16(22-11)10-17(7-4-9-20-2)14(18)13(12)16/h5-6,11-13H,3-4,7-10H2,1-2H3/t11-,12+,13-,16?/m1/s1. The van der Waals surface area contributed by atoms with Crippen LogP contribution in [0.1, 0.15) is 19.8 Å². The average molecular weight is 309 g/mol. The number of ether oxygens (including phenoxy) is 3. The fraction of sp³-hybridized carbons (Fsp3) is 0.750. The minimum atomic E-state index is -0.634.